The number of nitrogens with two attached hydrogens (primary N) is 1. The molecule has 1 aliphatic carbocycles. The summed E-state index contributed by atoms with van der Waals surface area (Å²) in [4.78, 5) is 22.2. The molecule has 2 rings (SSSR count). The molecule has 6 nitrogen and oxygen atoms in total. The summed E-state index contributed by atoms with van der Waals surface area (Å²) in [5, 5.41) is 15.6. The van der Waals surface area contributed by atoms with E-state index in [0.717, 1.165) is 0 Å². The van der Waals surface area contributed by atoms with Gasteiger partial charge in [-0.3, -0.25) is 14.9 Å². The molecule has 1 fully saturated rings. The van der Waals surface area contributed by atoms with Gasteiger partial charge in [0, 0.05) is 17.8 Å². The largest absolute Gasteiger partial charge is 0.336 e. The summed E-state index contributed by atoms with van der Waals surface area (Å²) in [7, 11) is 0. The van der Waals surface area contributed by atoms with E-state index in [9.17, 15) is 14.9 Å². The summed E-state index contributed by atoms with van der Waals surface area (Å²) in [6, 6.07) is 6.56. The number of nitrogens with one attached hydrogen (secondary N) is 1. The van der Waals surface area contributed by atoms with Gasteiger partial charge in [-0.05, 0) is 31.7 Å². The van der Waals surface area contributed by atoms with Crippen molar-refractivity contribution in [3.63, 3.8) is 0 Å². The monoisotopic (exact) mass is 306 g/mol. The zero-order valence-corrected chi connectivity index (χ0v) is 12.8. The molecule has 0 unspecified atom stereocenters. The Morgan fingerprint density at radius 2 is 1.91 bits per heavy atom. The number of hydrogen-bond donors (Lipinski definition) is 2. The van der Waals surface area contributed by atoms with Crippen LogP contribution in [0.15, 0.2) is 24.3 Å². The second kappa shape index (κ2) is 8.48. The van der Waals surface area contributed by atoms with E-state index in [2.05, 4.69) is 10.6 Å². The average molecular weight is 306 g/mol. The molecule has 0 aliphatic heterocycles. The summed E-state index contributed by atoms with van der Waals surface area (Å²) < 4.78 is 0. The molecule has 0 saturated heterocycles. The lowest BCUT2D eigenvalue weighted by Crippen LogP contribution is -2.91. The van der Waals surface area contributed by atoms with Gasteiger partial charge >= 0.3 is 0 Å². The number of nitro groups is 1. The maximum atomic E-state index is 12.0. The van der Waals surface area contributed by atoms with Crippen LogP contribution in [-0.4, -0.2) is 23.4 Å². The van der Waals surface area contributed by atoms with Gasteiger partial charge in [-0.2, -0.15) is 0 Å². The van der Waals surface area contributed by atoms with E-state index < -0.39 is 4.92 Å². The SMILES string of the molecule is O=C(C[NH2+]C1CCCCCCC1)Nc1cccc([N+](=O)[O-])c1. The third-order valence-electron chi connectivity index (χ3n) is 4.13. The fourth-order valence-corrected chi connectivity index (χ4v) is 2.91. The lowest BCUT2D eigenvalue weighted by atomic mass is 9.97. The van der Waals surface area contributed by atoms with Crippen LogP contribution >= 0.6 is 0 Å². The summed E-state index contributed by atoms with van der Waals surface area (Å²) >= 11 is 0. The Morgan fingerprint density at radius 3 is 2.59 bits per heavy atom. The smallest absolute Gasteiger partial charge is 0.279 e. The van der Waals surface area contributed by atoms with Gasteiger partial charge in [0.1, 0.15) is 0 Å². The van der Waals surface area contributed by atoms with Crippen LogP contribution in [0.4, 0.5) is 11.4 Å². The Hall–Kier alpha value is -1.95. The predicted octanol–water partition coefficient (Wildman–Crippen LogP) is 2.21. The molecule has 0 aromatic heterocycles. The van der Waals surface area contributed by atoms with E-state index >= 15 is 0 Å². The van der Waals surface area contributed by atoms with Crippen molar-refractivity contribution in [3.8, 4) is 0 Å². The van der Waals surface area contributed by atoms with Crippen LogP contribution in [0.5, 0.6) is 0 Å². The number of nitrogens with zero attached hydrogens (tertiary/aromatic N) is 1. The van der Waals surface area contributed by atoms with Gasteiger partial charge in [0.2, 0.25) is 0 Å². The second-order valence-corrected chi connectivity index (χ2v) is 5.90. The van der Waals surface area contributed by atoms with Gasteiger partial charge in [0.05, 0.1) is 11.0 Å². The number of nitro benzene ring substituents is 1. The van der Waals surface area contributed by atoms with Crippen molar-refractivity contribution >= 4 is 17.3 Å². The van der Waals surface area contributed by atoms with Crippen LogP contribution in [0.1, 0.15) is 44.9 Å². The molecule has 0 heterocycles. The molecular weight excluding hydrogens is 282 g/mol. The molecule has 22 heavy (non-hydrogen) atoms. The molecule has 1 amide bonds. The number of rotatable bonds is 5. The van der Waals surface area contributed by atoms with Gasteiger partial charge in [-0.15, -0.1) is 0 Å². The van der Waals surface area contributed by atoms with Crippen LogP contribution in [0.25, 0.3) is 0 Å². The summed E-state index contributed by atoms with van der Waals surface area (Å²) in [6.07, 6.45) is 8.75. The maximum absolute atomic E-state index is 12.0. The fraction of sp³-hybridized carbons (Fsp3) is 0.562. The molecule has 0 spiro atoms. The number of anilines is 1. The molecule has 6 heteroatoms. The Bertz CT molecular complexity index is 511. The second-order valence-electron chi connectivity index (χ2n) is 5.90. The number of non-ortho nitro benzene ring substituents is 1. The van der Waals surface area contributed by atoms with Crippen molar-refractivity contribution in [1.82, 2.24) is 0 Å². The third-order valence-corrected chi connectivity index (χ3v) is 4.13. The van der Waals surface area contributed by atoms with Crippen molar-refractivity contribution in [2.45, 2.75) is 51.0 Å². The summed E-state index contributed by atoms with van der Waals surface area (Å²) in [6.45, 7) is 0.368. The first-order valence-corrected chi connectivity index (χ1v) is 8.03. The number of carbonyl (C=O) groups is 1. The van der Waals surface area contributed by atoms with Gasteiger partial charge < -0.3 is 10.6 Å². The fourth-order valence-electron chi connectivity index (χ4n) is 2.91. The molecule has 3 N–H and O–H groups in total. The van der Waals surface area contributed by atoms with E-state index in [0.29, 0.717) is 18.3 Å². The first kappa shape index (κ1) is 16.4. The van der Waals surface area contributed by atoms with Gasteiger partial charge in [0.15, 0.2) is 6.54 Å². The van der Waals surface area contributed by atoms with E-state index in [-0.39, 0.29) is 11.6 Å². The molecule has 1 aliphatic rings. The molecule has 120 valence electrons. The highest BCUT2D eigenvalue weighted by molar-refractivity contribution is 5.91. The van der Waals surface area contributed by atoms with E-state index in [4.69, 9.17) is 0 Å². The van der Waals surface area contributed by atoms with Gasteiger partial charge in [-0.1, -0.05) is 25.3 Å². The number of benzene rings is 1. The lowest BCUT2D eigenvalue weighted by molar-refractivity contribution is -0.680. The highest BCUT2D eigenvalue weighted by Crippen LogP contribution is 2.17. The van der Waals surface area contributed by atoms with Crippen LogP contribution in [-0.2, 0) is 4.79 Å². The van der Waals surface area contributed by atoms with E-state index in [1.165, 1.54) is 57.1 Å². The van der Waals surface area contributed by atoms with E-state index in [1.54, 1.807) is 12.1 Å². The Kier molecular flexibility index (Phi) is 6.33. The van der Waals surface area contributed by atoms with Crippen molar-refractivity contribution in [3.05, 3.63) is 34.4 Å². The zero-order valence-electron chi connectivity index (χ0n) is 12.8. The highest BCUT2D eigenvalue weighted by atomic mass is 16.6. The lowest BCUT2D eigenvalue weighted by Gasteiger charge is -2.17. The molecule has 1 aromatic rings. The normalized spacial score (nSPS) is 16.5. The highest BCUT2D eigenvalue weighted by Gasteiger charge is 2.16. The molecule has 1 saturated carbocycles. The van der Waals surface area contributed by atoms with E-state index in [1.807, 2.05) is 0 Å². The standard InChI is InChI=1S/C16H23N3O3/c20-16(12-17-13-7-4-2-1-3-5-8-13)18-14-9-6-10-15(11-14)19(21)22/h6,9-11,13,17H,1-5,7-8,12H2,(H,18,20)/p+1. The van der Waals surface area contributed by atoms with Crippen molar-refractivity contribution < 1.29 is 15.0 Å². The first-order chi connectivity index (χ1) is 10.6. The van der Waals surface area contributed by atoms with Crippen LogP contribution in [0.3, 0.4) is 0 Å². The number of quaternary nitrogens is 1. The van der Waals surface area contributed by atoms with Crippen LogP contribution in [0.2, 0.25) is 0 Å². The van der Waals surface area contributed by atoms with Crippen LogP contribution < -0.4 is 10.6 Å². The zero-order chi connectivity index (χ0) is 15.8. The first-order valence-electron chi connectivity index (χ1n) is 8.03. The molecule has 0 bridgehead atoms. The minimum absolute atomic E-state index is 0.0122. The van der Waals surface area contributed by atoms with Crippen molar-refractivity contribution in [1.29, 1.82) is 0 Å². The molecule has 1 aromatic carbocycles. The quantitative estimate of drug-likeness (QED) is 0.645. The van der Waals surface area contributed by atoms with Gasteiger partial charge in [-0.25, -0.2) is 0 Å². The Labute approximate surface area is 130 Å². The Morgan fingerprint density at radius 1 is 1.23 bits per heavy atom. The van der Waals surface area contributed by atoms with Gasteiger partial charge in [0.25, 0.3) is 11.6 Å². The molecule has 0 atom stereocenters. The number of hydrogen-bond acceptors (Lipinski definition) is 3. The van der Waals surface area contributed by atoms with Crippen molar-refractivity contribution in [2.75, 3.05) is 11.9 Å². The topological polar surface area (TPSA) is 88.8 Å². The Balaban J connectivity index is 1.79. The third kappa shape index (κ3) is 5.44. The molecule has 0 radical (unpaired) electrons. The number of amides is 1. The minimum Gasteiger partial charge on any atom is -0.336 e. The summed E-state index contributed by atoms with van der Waals surface area (Å²) in [5.74, 6) is -0.109. The predicted molar refractivity (Wildman–Crippen MR) is 84.6 cm³/mol. The summed E-state index contributed by atoms with van der Waals surface area (Å²) in [5.41, 5.74) is 0.465. The maximum Gasteiger partial charge on any atom is 0.279 e. The number of carbonyl (C=O) groups excluding carboxylic acids is 1. The average Bonchev–Trinajstić information content (AvgIpc) is 2.46. The van der Waals surface area contributed by atoms with Crippen molar-refractivity contribution in [2.24, 2.45) is 0 Å². The van der Waals surface area contributed by atoms with Crippen LogP contribution in [0, 0.1) is 10.1 Å². The molecular formula is C16H24N3O3+. The minimum atomic E-state index is -0.462.